The number of rotatable bonds is 3. The molecule has 0 unspecified atom stereocenters. The van der Waals surface area contributed by atoms with Crippen molar-refractivity contribution >= 4 is 42.6 Å². The molecular formula is C7H5BrN4O2S2. The Morgan fingerprint density at radius 3 is 2.69 bits per heavy atom. The molecule has 1 aromatic carbocycles. The maximum absolute atomic E-state index is 11.9. The second kappa shape index (κ2) is 4.44. The third-order valence-corrected chi connectivity index (χ3v) is 4.64. The topological polar surface area (TPSA) is 84.8 Å². The molecule has 0 radical (unpaired) electrons. The van der Waals surface area contributed by atoms with E-state index >= 15 is 0 Å². The first-order valence-corrected chi connectivity index (χ1v) is 7.07. The van der Waals surface area contributed by atoms with Crippen molar-refractivity contribution in [3.8, 4) is 0 Å². The number of nitrogens with zero attached hydrogens (tertiary/aromatic N) is 3. The largest absolute Gasteiger partial charge is 0.264 e. The van der Waals surface area contributed by atoms with Gasteiger partial charge in [-0.25, -0.2) is 8.42 Å². The Bertz CT molecular complexity index is 584. The van der Waals surface area contributed by atoms with Crippen molar-refractivity contribution in [2.45, 2.75) is 4.90 Å². The van der Waals surface area contributed by atoms with Crippen LogP contribution in [0.2, 0.25) is 0 Å². The van der Waals surface area contributed by atoms with E-state index in [9.17, 15) is 8.42 Å². The van der Waals surface area contributed by atoms with Crippen molar-refractivity contribution in [2.24, 2.45) is 0 Å². The Labute approximate surface area is 104 Å². The van der Waals surface area contributed by atoms with Gasteiger partial charge in [0.2, 0.25) is 5.13 Å². The van der Waals surface area contributed by atoms with Crippen molar-refractivity contribution < 1.29 is 8.42 Å². The van der Waals surface area contributed by atoms with Gasteiger partial charge in [-0.15, -0.1) is 0 Å². The lowest BCUT2D eigenvalue weighted by molar-refractivity contribution is 0.600. The van der Waals surface area contributed by atoms with Crippen LogP contribution < -0.4 is 4.72 Å². The van der Waals surface area contributed by atoms with E-state index in [0.717, 1.165) is 11.5 Å². The van der Waals surface area contributed by atoms with Crippen LogP contribution in [-0.4, -0.2) is 23.2 Å². The number of hydrogen-bond acceptors (Lipinski definition) is 6. The van der Waals surface area contributed by atoms with Gasteiger partial charge in [-0.3, -0.25) is 4.72 Å². The summed E-state index contributed by atoms with van der Waals surface area (Å²) < 4.78 is 30.0. The zero-order valence-electron chi connectivity index (χ0n) is 7.66. The van der Waals surface area contributed by atoms with E-state index in [1.165, 1.54) is 6.07 Å². The fourth-order valence-corrected chi connectivity index (χ4v) is 3.59. The summed E-state index contributed by atoms with van der Waals surface area (Å²) in [5.41, 5.74) is 0. The van der Waals surface area contributed by atoms with Crippen molar-refractivity contribution in [3.05, 3.63) is 28.7 Å². The molecule has 0 aliphatic rings. The number of nitrogens with one attached hydrogen (secondary N) is 1. The van der Waals surface area contributed by atoms with Crippen LogP contribution in [0.5, 0.6) is 0 Å². The van der Waals surface area contributed by atoms with Gasteiger partial charge in [0.1, 0.15) is 4.90 Å². The van der Waals surface area contributed by atoms with Gasteiger partial charge in [-0.2, -0.15) is 0 Å². The first-order chi connectivity index (χ1) is 7.59. The van der Waals surface area contributed by atoms with Gasteiger partial charge in [0.15, 0.2) is 0 Å². The van der Waals surface area contributed by atoms with Crippen molar-refractivity contribution in [1.29, 1.82) is 0 Å². The molecule has 0 saturated carbocycles. The van der Waals surface area contributed by atoms with E-state index in [4.69, 9.17) is 0 Å². The van der Waals surface area contributed by atoms with Crippen LogP contribution in [-0.2, 0) is 10.0 Å². The van der Waals surface area contributed by atoms with Crippen LogP contribution in [0.25, 0.3) is 0 Å². The average Bonchev–Trinajstić information content (AvgIpc) is 2.70. The molecular weight excluding hydrogens is 316 g/mol. The van der Waals surface area contributed by atoms with E-state index in [2.05, 4.69) is 35.5 Å². The molecule has 1 N–H and O–H groups in total. The molecule has 0 spiro atoms. The number of hydrogen-bond donors (Lipinski definition) is 1. The maximum Gasteiger partial charge on any atom is 0.264 e. The number of sulfonamides is 1. The normalized spacial score (nSPS) is 11.3. The van der Waals surface area contributed by atoms with Gasteiger partial charge in [-0.05, 0) is 33.3 Å². The van der Waals surface area contributed by atoms with E-state index < -0.39 is 10.0 Å². The van der Waals surface area contributed by atoms with Crippen LogP contribution in [0, 0.1) is 0 Å². The van der Waals surface area contributed by atoms with Gasteiger partial charge >= 0.3 is 0 Å². The van der Waals surface area contributed by atoms with Gasteiger partial charge in [0.25, 0.3) is 10.0 Å². The van der Waals surface area contributed by atoms with Gasteiger partial charge < -0.3 is 0 Å². The number of benzene rings is 1. The smallest absolute Gasteiger partial charge is 0.252 e. The monoisotopic (exact) mass is 320 g/mol. The highest BCUT2D eigenvalue weighted by molar-refractivity contribution is 9.10. The van der Waals surface area contributed by atoms with Gasteiger partial charge in [0, 0.05) is 16.0 Å². The minimum Gasteiger partial charge on any atom is -0.252 e. The third-order valence-electron chi connectivity index (χ3n) is 1.65. The minimum absolute atomic E-state index is 0.135. The van der Waals surface area contributed by atoms with E-state index in [1.54, 1.807) is 18.2 Å². The second-order valence-electron chi connectivity index (χ2n) is 2.70. The summed E-state index contributed by atoms with van der Waals surface area (Å²) in [5.74, 6) is 0. The van der Waals surface area contributed by atoms with Crippen molar-refractivity contribution in [2.75, 3.05) is 4.72 Å². The molecule has 1 aromatic heterocycles. The number of anilines is 1. The number of halogens is 1. The van der Waals surface area contributed by atoms with Crippen LogP contribution in [0.1, 0.15) is 0 Å². The lowest BCUT2D eigenvalue weighted by atomic mass is 10.4. The minimum atomic E-state index is -3.64. The molecule has 0 aliphatic carbocycles. The van der Waals surface area contributed by atoms with E-state index in [1.807, 2.05) is 0 Å². The highest BCUT2D eigenvalue weighted by Gasteiger charge is 2.18. The molecule has 9 heteroatoms. The van der Waals surface area contributed by atoms with Gasteiger partial charge in [-0.1, -0.05) is 21.7 Å². The van der Waals surface area contributed by atoms with Gasteiger partial charge in [0.05, 0.1) is 0 Å². The lowest BCUT2D eigenvalue weighted by Crippen LogP contribution is -2.13. The fourth-order valence-electron chi connectivity index (χ4n) is 1.01. The molecule has 0 fully saturated rings. The zero-order chi connectivity index (χ0) is 11.6. The predicted molar refractivity (Wildman–Crippen MR) is 62.7 cm³/mol. The summed E-state index contributed by atoms with van der Waals surface area (Å²) in [7, 11) is -3.64. The molecule has 0 atom stereocenters. The summed E-state index contributed by atoms with van der Waals surface area (Å²) in [4.78, 5) is 0.144. The summed E-state index contributed by atoms with van der Waals surface area (Å²) in [6.45, 7) is 0. The first kappa shape index (κ1) is 11.4. The first-order valence-electron chi connectivity index (χ1n) is 4.02. The highest BCUT2D eigenvalue weighted by atomic mass is 79.9. The van der Waals surface area contributed by atoms with Crippen LogP contribution in [0.4, 0.5) is 5.13 Å². The average molecular weight is 321 g/mol. The highest BCUT2D eigenvalue weighted by Crippen LogP contribution is 2.23. The van der Waals surface area contributed by atoms with Crippen LogP contribution >= 0.6 is 27.5 Å². The third kappa shape index (κ3) is 2.36. The Kier molecular flexibility index (Phi) is 3.17. The summed E-state index contributed by atoms with van der Waals surface area (Å²) in [5, 5.41) is 6.95. The fraction of sp³-hybridized carbons (Fsp3) is 0. The maximum atomic E-state index is 11.9. The number of aromatic nitrogens is 3. The van der Waals surface area contributed by atoms with E-state index in [0.29, 0.717) is 4.47 Å². The van der Waals surface area contributed by atoms with Crippen LogP contribution in [0.15, 0.2) is 33.6 Å². The molecule has 2 aromatic rings. The van der Waals surface area contributed by atoms with Crippen molar-refractivity contribution in [3.63, 3.8) is 0 Å². The van der Waals surface area contributed by atoms with Crippen molar-refractivity contribution in [1.82, 2.24) is 14.8 Å². The lowest BCUT2D eigenvalue weighted by Gasteiger charge is -2.05. The molecule has 0 bridgehead atoms. The Balaban J connectivity index is 2.37. The Hall–Kier alpha value is -1.06. The summed E-state index contributed by atoms with van der Waals surface area (Å²) in [6.07, 6.45) is 0. The molecule has 2 rings (SSSR count). The zero-order valence-corrected chi connectivity index (χ0v) is 10.9. The second-order valence-corrected chi connectivity index (χ2v) is 5.94. The quantitative estimate of drug-likeness (QED) is 0.926. The summed E-state index contributed by atoms with van der Waals surface area (Å²) in [6, 6.07) is 6.50. The SMILES string of the molecule is O=S(=O)(Nc1nnns1)c1ccccc1Br. The molecule has 0 aliphatic heterocycles. The molecule has 1 heterocycles. The Morgan fingerprint density at radius 2 is 2.06 bits per heavy atom. The van der Waals surface area contributed by atoms with E-state index in [-0.39, 0.29) is 10.0 Å². The standard InChI is InChI=1S/C7H5BrN4O2S2/c8-5-3-1-2-4-6(5)16(13,14)10-7-9-11-12-15-7/h1-4H,(H,9,10,12). The molecule has 16 heavy (non-hydrogen) atoms. The Morgan fingerprint density at radius 1 is 1.31 bits per heavy atom. The molecule has 84 valence electrons. The van der Waals surface area contributed by atoms with Crippen LogP contribution in [0.3, 0.4) is 0 Å². The molecule has 0 amide bonds. The molecule has 0 saturated heterocycles. The summed E-state index contributed by atoms with van der Waals surface area (Å²) >= 11 is 4.04. The molecule has 6 nitrogen and oxygen atoms in total. The predicted octanol–water partition coefficient (Wildman–Crippen LogP) is 1.50.